The second-order valence-electron chi connectivity index (χ2n) is 4.57. The zero-order chi connectivity index (χ0) is 15.9. The van der Waals surface area contributed by atoms with Crippen LogP contribution < -0.4 is 15.8 Å². The zero-order valence-corrected chi connectivity index (χ0v) is 11.8. The van der Waals surface area contributed by atoms with E-state index in [0.29, 0.717) is 12.1 Å². The van der Waals surface area contributed by atoms with Gasteiger partial charge >= 0.3 is 6.18 Å². The van der Waals surface area contributed by atoms with Crippen molar-refractivity contribution in [3.63, 3.8) is 0 Å². The second kappa shape index (κ2) is 7.87. The minimum atomic E-state index is -4.51. The van der Waals surface area contributed by atoms with Crippen molar-refractivity contribution in [3.05, 3.63) is 29.3 Å². The lowest BCUT2D eigenvalue weighted by Gasteiger charge is -2.15. The number of hydrogen-bond acceptors (Lipinski definition) is 3. The maximum atomic E-state index is 13.0. The van der Waals surface area contributed by atoms with E-state index < -0.39 is 17.6 Å². The first-order chi connectivity index (χ1) is 9.84. The number of ether oxygens (including phenoxy) is 1. The summed E-state index contributed by atoms with van der Waals surface area (Å²) in [5, 5.41) is 3.04. The molecule has 0 atom stereocenters. The van der Waals surface area contributed by atoms with Gasteiger partial charge in [0.2, 0.25) is 5.91 Å². The van der Waals surface area contributed by atoms with Crippen LogP contribution in [0, 0.1) is 0 Å². The molecule has 0 spiro atoms. The molecule has 1 aromatic carbocycles. The number of benzene rings is 1. The first-order valence-corrected chi connectivity index (χ1v) is 6.66. The lowest BCUT2D eigenvalue weighted by Crippen LogP contribution is -2.17. The van der Waals surface area contributed by atoms with Crippen LogP contribution in [-0.4, -0.2) is 19.1 Å². The maximum Gasteiger partial charge on any atom is 0.419 e. The van der Waals surface area contributed by atoms with Crippen LogP contribution in [0.15, 0.2) is 18.2 Å². The first kappa shape index (κ1) is 17.3. The fourth-order valence-corrected chi connectivity index (χ4v) is 1.71. The van der Waals surface area contributed by atoms with Crippen molar-refractivity contribution < 1.29 is 22.7 Å². The van der Waals surface area contributed by atoms with Gasteiger partial charge in [-0.2, -0.15) is 13.2 Å². The molecule has 0 radical (unpaired) electrons. The Balaban J connectivity index is 2.84. The summed E-state index contributed by atoms with van der Waals surface area (Å²) in [6.07, 6.45) is -3.74. The Kier molecular flexibility index (Phi) is 6.48. The summed E-state index contributed by atoms with van der Waals surface area (Å²) >= 11 is 0. The van der Waals surface area contributed by atoms with Gasteiger partial charge < -0.3 is 15.8 Å². The topological polar surface area (TPSA) is 64.3 Å². The summed E-state index contributed by atoms with van der Waals surface area (Å²) < 4.78 is 44.0. The minimum absolute atomic E-state index is 0.128. The molecule has 0 aromatic heterocycles. The SMILES string of the molecule is CCCNCc1ccc(OCCC(N)=O)c(C(F)(F)F)c1. The quantitative estimate of drug-likeness (QED) is 0.725. The van der Waals surface area contributed by atoms with Crippen LogP contribution >= 0.6 is 0 Å². The molecule has 21 heavy (non-hydrogen) atoms. The second-order valence-corrected chi connectivity index (χ2v) is 4.57. The molecule has 1 aromatic rings. The third-order valence-electron chi connectivity index (χ3n) is 2.71. The normalized spacial score (nSPS) is 11.4. The summed E-state index contributed by atoms with van der Waals surface area (Å²) in [6.45, 7) is 2.90. The van der Waals surface area contributed by atoms with Crippen LogP contribution in [-0.2, 0) is 17.5 Å². The molecule has 3 N–H and O–H groups in total. The number of alkyl halides is 3. The standard InChI is InChI=1S/C14H19F3N2O2/c1-2-6-19-9-10-3-4-12(21-7-5-13(18)20)11(8-10)14(15,16)17/h3-4,8,19H,2,5-7,9H2,1H3,(H2,18,20). The minimum Gasteiger partial charge on any atom is -0.492 e. The van der Waals surface area contributed by atoms with Crippen LogP contribution in [0.2, 0.25) is 0 Å². The van der Waals surface area contributed by atoms with E-state index in [1.807, 2.05) is 6.92 Å². The Bertz CT molecular complexity index is 476. The van der Waals surface area contributed by atoms with Crippen molar-refractivity contribution >= 4 is 5.91 Å². The van der Waals surface area contributed by atoms with Gasteiger partial charge in [0.25, 0.3) is 0 Å². The number of rotatable bonds is 8. The van der Waals surface area contributed by atoms with Crippen molar-refractivity contribution in [2.45, 2.75) is 32.5 Å². The monoisotopic (exact) mass is 304 g/mol. The van der Waals surface area contributed by atoms with Crippen LogP contribution in [0.25, 0.3) is 0 Å². The highest BCUT2D eigenvalue weighted by Gasteiger charge is 2.34. The number of primary amides is 1. The molecule has 4 nitrogen and oxygen atoms in total. The summed E-state index contributed by atoms with van der Waals surface area (Å²) in [5.74, 6) is -0.910. The Morgan fingerprint density at radius 2 is 2.10 bits per heavy atom. The Labute approximate surface area is 121 Å². The van der Waals surface area contributed by atoms with E-state index >= 15 is 0 Å². The molecule has 0 heterocycles. The summed E-state index contributed by atoms with van der Waals surface area (Å²) in [6, 6.07) is 3.90. The largest absolute Gasteiger partial charge is 0.492 e. The highest BCUT2D eigenvalue weighted by atomic mass is 19.4. The molecule has 0 saturated heterocycles. The lowest BCUT2D eigenvalue weighted by atomic mass is 10.1. The van der Waals surface area contributed by atoms with Gasteiger partial charge in [-0.3, -0.25) is 4.79 Å². The van der Waals surface area contributed by atoms with E-state index in [4.69, 9.17) is 10.5 Å². The van der Waals surface area contributed by atoms with E-state index in [1.165, 1.54) is 6.07 Å². The van der Waals surface area contributed by atoms with Crippen LogP contribution in [0.3, 0.4) is 0 Å². The number of hydrogen-bond donors (Lipinski definition) is 2. The van der Waals surface area contributed by atoms with Gasteiger partial charge in [-0.15, -0.1) is 0 Å². The molecule has 0 aliphatic heterocycles. The molecule has 0 bridgehead atoms. The molecular formula is C14H19F3N2O2. The predicted octanol–water partition coefficient (Wildman–Crippen LogP) is 2.46. The molecular weight excluding hydrogens is 285 g/mol. The lowest BCUT2D eigenvalue weighted by molar-refractivity contribution is -0.139. The van der Waals surface area contributed by atoms with Crippen molar-refractivity contribution in [3.8, 4) is 5.75 Å². The number of nitrogens with two attached hydrogens (primary N) is 1. The van der Waals surface area contributed by atoms with Gasteiger partial charge in [0.05, 0.1) is 18.6 Å². The zero-order valence-electron chi connectivity index (χ0n) is 11.8. The number of carbonyl (C=O) groups excluding carboxylic acids is 1. The third kappa shape index (κ3) is 6.03. The van der Waals surface area contributed by atoms with Crippen molar-refractivity contribution in [1.29, 1.82) is 0 Å². The molecule has 0 unspecified atom stereocenters. The van der Waals surface area contributed by atoms with E-state index in [1.54, 1.807) is 6.07 Å². The van der Waals surface area contributed by atoms with E-state index in [2.05, 4.69) is 5.32 Å². The van der Waals surface area contributed by atoms with E-state index in [9.17, 15) is 18.0 Å². The van der Waals surface area contributed by atoms with Gasteiger partial charge in [-0.25, -0.2) is 0 Å². The molecule has 0 saturated carbocycles. The predicted molar refractivity (Wildman–Crippen MR) is 72.7 cm³/mol. The number of halogens is 3. The summed E-state index contributed by atoms with van der Waals surface area (Å²) in [5.41, 5.74) is 4.60. The smallest absolute Gasteiger partial charge is 0.419 e. The van der Waals surface area contributed by atoms with E-state index in [-0.39, 0.29) is 18.8 Å². The molecule has 1 amide bonds. The van der Waals surface area contributed by atoms with Crippen LogP contribution in [0.1, 0.15) is 30.9 Å². The van der Waals surface area contributed by atoms with Gasteiger partial charge in [0, 0.05) is 6.54 Å². The van der Waals surface area contributed by atoms with Crippen molar-refractivity contribution in [2.24, 2.45) is 5.73 Å². The molecule has 0 aliphatic rings. The van der Waals surface area contributed by atoms with Crippen molar-refractivity contribution in [2.75, 3.05) is 13.2 Å². The molecule has 7 heteroatoms. The fraction of sp³-hybridized carbons (Fsp3) is 0.500. The molecule has 0 fully saturated rings. The molecule has 0 aliphatic carbocycles. The maximum absolute atomic E-state index is 13.0. The van der Waals surface area contributed by atoms with Gasteiger partial charge in [-0.1, -0.05) is 13.0 Å². The number of amides is 1. The Hall–Kier alpha value is -1.76. The number of nitrogens with one attached hydrogen (secondary N) is 1. The fourth-order valence-electron chi connectivity index (χ4n) is 1.71. The molecule has 118 valence electrons. The van der Waals surface area contributed by atoms with Gasteiger partial charge in [0.15, 0.2) is 0 Å². The third-order valence-corrected chi connectivity index (χ3v) is 2.71. The summed E-state index contributed by atoms with van der Waals surface area (Å²) in [7, 11) is 0. The summed E-state index contributed by atoms with van der Waals surface area (Å²) in [4.78, 5) is 10.6. The van der Waals surface area contributed by atoms with E-state index in [0.717, 1.165) is 19.0 Å². The number of carbonyl (C=O) groups is 1. The first-order valence-electron chi connectivity index (χ1n) is 6.66. The van der Waals surface area contributed by atoms with Gasteiger partial charge in [-0.05, 0) is 30.7 Å². The molecule has 1 rings (SSSR count). The van der Waals surface area contributed by atoms with Crippen molar-refractivity contribution in [1.82, 2.24) is 5.32 Å². The average molecular weight is 304 g/mol. The van der Waals surface area contributed by atoms with Gasteiger partial charge in [0.1, 0.15) is 5.75 Å². The Morgan fingerprint density at radius 3 is 2.67 bits per heavy atom. The Morgan fingerprint density at radius 1 is 1.38 bits per heavy atom. The highest BCUT2D eigenvalue weighted by Crippen LogP contribution is 2.36. The highest BCUT2D eigenvalue weighted by molar-refractivity contribution is 5.73. The average Bonchev–Trinajstić information content (AvgIpc) is 2.38. The van der Waals surface area contributed by atoms with Crippen LogP contribution in [0.5, 0.6) is 5.75 Å². The van der Waals surface area contributed by atoms with Crippen LogP contribution in [0.4, 0.5) is 13.2 Å².